The second kappa shape index (κ2) is 8.38. The molecule has 3 aromatic rings. The van der Waals surface area contributed by atoms with Gasteiger partial charge in [0, 0.05) is 11.1 Å². The first-order valence-corrected chi connectivity index (χ1v) is 11.0. The van der Waals surface area contributed by atoms with Gasteiger partial charge >= 0.3 is 0 Å². The summed E-state index contributed by atoms with van der Waals surface area (Å²) in [5.41, 5.74) is 8.96. The van der Waals surface area contributed by atoms with Crippen LogP contribution in [0.4, 0.5) is 0 Å². The number of hydrogen-bond acceptors (Lipinski definition) is 3. The fourth-order valence-corrected chi connectivity index (χ4v) is 4.76. The summed E-state index contributed by atoms with van der Waals surface area (Å²) in [5.74, 6) is 0.0370. The molecule has 0 spiro atoms. The molecule has 1 aliphatic heterocycles. The second-order valence-corrected chi connectivity index (χ2v) is 9.06. The van der Waals surface area contributed by atoms with Gasteiger partial charge in [0.15, 0.2) is 9.84 Å². The molecule has 1 heterocycles. The Bertz CT molecular complexity index is 1180. The number of allylic oxidation sites excluding steroid dienone is 1. The number of nitrogens with two attached hydrogens (primary N) is 1. The predicted octanol–water partition coefficient (Wildman–Crippen LogP) is 5.06. The highest BCUT2D eigenvalue weighted by Gasteiger charge is 2.13. The Labute approximate surface area is 172 Å². The number of rotatable bonds is 0. The van der Waals surface area contributed by atoms with Crippen molar-refractivity contribution in [3.63, 3.8) is 0 Å². The minimum atomic E-state index is -2.95. The van der Waals surface area contributed by atoms with Gasteiger partial charge in [-0.1, -0.05) is 48.5 Å². The topological polar surface area (TPSA) is 60.2 Å². The van der Waals surface area contributed by atoms with Gasteiger partial charge in [-0.15, -0.1) is 12.4 Å². The minimum Gasteiger partial charge on any atom is -0.399 e. The van der Waals surface area contributed by atoms with Crippen LogP contribution in [-0.4, -0.2) is 14.2 Å². The van der Waals surface area contributed by atoms with Gasteiger partial charge in [-0.05, 0) is 70.5 Å². The molecule has 2 N–H and O–H groups in total. The summed E-state index contributed by atoms with van der Waals surface area (Å²) < 4.78 is 21.2. The standard InChI is InChI=1S/C18H16.C5H7NO2S.ClH/c1-3-7-15-13(5-1)9-11-18-16-8-4-2-6-14(16)10-12-17(15)18;6-5-1-3-9(7,8)4-2-5;/h1,3,5,7,9-12H,2,4,6,8H2;1-3H,4,6H2;1H. The van der Waals surface area contributed by atoms with Crippen molar-refractivity contribution in [3.8, 4) is 0 Å². The average Bonchev–Trinajstić information content (AvgIpc) is 2.70. The third kappa shape index (κ3) is 4.23. The summed E-state index contributed by atoms with van der Waals surface area (Å²) >= 11 is 0. The number of benzene rings is 3. The Balaban J connectivity index is 0.000000193. The molecular formula is C23H24ClNO2S. The molecule has 0 aromatic heterocycles. The van der Waals surface area contributed by atoms with Crippen LogP contribution >= 0.6 is 12.4 Å². The van der Waals surface area contributed by atoms with Crippen LogP contribution < -0.4 is 5.73 Å². The summed E-state index contributed by atoms with van der Waals surface area (Å²) in [6.45, 7) is 0. The molecule has 0 saturated carbocycles. The summed E-state index contributed by atoms with van der Waals surface area (Å²) in [4.78, 5) is 0. The Morgan fingerprint density at radius 1 is 0.821 bits per heavy atom. The molecule has 0 atom stereocenters. The molecule has 146 valence electrons. The van der Waals surface area contributed by atoms with E-state index in [2.05, 4.69) is 48.5 Å². The summed E-state index contributed by atoms with van der Waals surface area (Å²) in [6, 6.07) is 18.0. The average molecular weight is 414 g/mol. The maximum absolute atomic E-state index is 10.6. The molecule has 0 radical (unpaired) electrons. The zero-order valence-electron chi connectivity index (χ0n) is 15.6. The van der Waals surface area contributed by atoms with E-state index in [1.165, 1.54) is 59.4 Å². The maximum atomic E-state index is 10.6. The number of halogens is 1. The first-order valence-electron chi connectivity index (χ1n) is 9.32. The van der Waals surface area contributed by atoms with Crippen molar-refractivity contribution >= 4 is 43.8 Å². The summed E-state index contributed by atoms with van der Waals surface area (Å²) in [6.07, 6.45) is 8.09. The zero-order chi connectivity index (χ0) is 18.9. The van der Waals surface area contributed by atoms with Crippen LogP contribution in [0.5, 0.6) is 0 Å². The van der Waals surface area contributed by atoms with Gasteiger partial charge in [0.2, 0.25) is 0 Å². The van der Waals surface area contributed by atoms with Crippen molar-refractivity contribution in [2.45, 2.75) is 25.7 Å². The smallest absolute Gasteiger partial charge is 0.175 e. The van der Waals surface area contributed by atoms with Gasteiger partial charge < -0.3 is 5.73 Å². The van der Waals surface area contributed by atoms with E-state index in [4.69, 9.17) is 5.73 Å². The van der Waals surface area contributed by atoms with Gasteiger partial charge in [0.1, 0.15) is 0 Å². The molecule has 1 aliphatic carbocycles. The van der Waals surface area contributed by atoms with E-state index < -0.39 is 9.84 Å². The Hall–Kier alpha value is -2.30. The molecule has 5 heteroatoms. The van der Waals surface area contributed by atoms with Gasteiger partial charge in [0.25, 0.3) is 0 Å². The van der Waals surface area contributed by atoms with Gasteiger partial charge in [-0.3, -0.25) is 0 Å². The zero-order valence-corrected chi connectivity index (χ0v) is 17.2. The van der Waals surface area contributed by atoms with Gasteiger partial charge in [0.05, 0.1) is 5.75 Å². The highest BCUT2D eigenvalue weighted by atomic mass is 35.5. The van der Waals surface area contributed by atoms with E-state index in [0.717, 1.165) is 5.41 Å². The van der Waals surface area contributed by atoms with Crippen LogP contribution in [0.3, 0.4) is 0 Å². The van der Waals surface area contributed by atoms with Crippen LogP contribution in [0.25, 0.3) is 21.5 Å². The monoisotopic (exact) mass is 413 g/mol. The number of aryl methyl sites for hydroxylation is 2. The molecule has 28 heavy (non-hydrogen) atoms. The molecule has 0 saturated heterocycles. The van der Waals surface area contributed by atoms with E-state index in [-0.39, 0.29) is 18.2 Å². The normalized spacial score (nSPS) is 17.1. The van der Waals surface area contributed by atoms with E-state index in [1.807, 2.05) is 0 Å². The molecule has 2 aliphatic rings. The van der Waals surface area contributed by atoms with Crippen molar-refractivity contribution in [1.29, 1.82) is 0 Å². The first-order chi connectivity index (χ1) is 13.0. The largest absolute Gasteiger partial charge is 0.399 e. The minimum absolute atomic E-state index is 0. The molecule has 3 nitrogen and oxygen atoms in total. The van der Waals surface area contributed by atoms with Crippen LogP contribution in [0.1, 0.15) is 24.0 Å². The Morgan fingerprint density at radius 3 is 2.32 bits per heavy atom. The fraction of sp³-hybridized carbons (Fsp3) is 0.217. The molecule has 3 aromatic carbocycles. The van der Waals surface area contributed by atoms with E-state index >= 15 is 0 Å². The first kappa shape index (κ1) is 20.4. The lowest BCUT2D eigenvalue weighted by atomic mass is 9.86. The summed E-state index contributed by atoms with van der Waals surface area (Å²) in [7, 11) is -2.95. The van der Waals surface area contributed by atoms with E-state index in [9.17, 15) is 8.42 Å². The van der Waals surface area contributed by atoms with Gasteiger partial charge in [-0.2, -0.15) is 0 Å². The lowest BCUT2D eigenvalue weighted by Gasteiger charge is -2.18. The highest BCUT2D eigenvalue weighted by Crippen LogP contribution is 2.33. The van der Waals surface area contributed by atoms with Crippen LogP contribution in [0, 0.1) is 0 Å². The van der Waals surface area contributed by atoms with Crippen LogP contribution in [0.2, 0.25) is 0 Å². The third-order valence-corrected chi connectivity index (χ3v) is 6.46. The number of fused-ring (bicyclic) bond motifs is 5. The lowest BCUT2D eigenvalue weighted by Crippen LogP contribution is -2.07. The molecule has 0 amide bonds. The van der Waals surface area contributed by atoms with E-state index in [1.54, 1.807) is 11.1 Å². The van der Waals surface area contributed by atoms with Crippen LogP contribution in [0.15, 0.2) is 71.8 Å². The van der Waals surface area contributed by atoms with Crippen LogP contribution in [-0.2, 0) is 22.7 Å². The Kier molecular flexibility index (Phi) is 6.11. The van der Waals surface area contributed by atoms with Crippen molar-refractivity contribution in [1.82, 2.24) is 0 Å². The van der Waals surface area contributed by atoms with Crippen molar-refractivity contribution in [2.75, 3.05) is 5.75 Å². The van der Waals surface area contributed by atoms with Crippen molar-refractivity contribution in [2.24, 2.45) is 5.73 Å². The number of sulfone groups is 1. The molecule has 0 fully saturated rings. The predicted molar refractivity (Wildman–Crippen MR) is 121 cm³/mol. The lowest BCUT2D eigenvalue weighted by molar-refractivity contribution is 0.607. The second-order valence-electron chi connectivity index (χ2n) is 7.13. The number of hydrogen-bond donors (Lipinski definition) is 1. The summed E-state index contributed by atoms with van der Waals surface area (Å²) in [5, 5.41) is 6.77. The fourth-order valence-electron chi connectivity index (χ4n) is 3.86. The SMILES string of the molecule is Cl.NC1=CCS(=O)(=O)C=C1.c1ccc2c(c1)ccc1c3c(ccc12)CCCC3. The molecule has 0 bridgehead atoms. The highest BCUT2D eigenvalue weighted by molar-refractivity contribution is 7.94. The third-order valence-electron chi connectivity index (χ3n) is 5.28. The van der Waals surface area contributed by atoms with Gasteiger partial charge in [-0.25, -0.2) is 8.42 Å². The van der Waals surface area contributed by atoms with E-state index in [0.29, 0.717) is 5.70 Å². The van der Waals surface area contributed by atoms with Crippen molar-refractivity contribution in [3.05, 3.63) is 82.9 Å². The maximum Gasteiger partial charge on any atom is 0.175 e. The quantitative estimate of drug-likeness (QED) is 0.523. The Morgan fingerprint density at radius 2 is 1.57 bits per heavy atom. The molecule has 0 unspecified atom stereocenters. The molecule has 5 rings (SSSR count). The molecular weight excluding hydrogens is 390 g/mol. The van der Waals surface area contributed by atoms with Crippen molar-refractivity contribution < 1.29 is 8.42 Å².